The second kappa shape index (κ2) is 6.46. The number of nitrogens with two attached hydrogens (primary N) is 1. The Morgan fingerprint density at radius 2 is 2.05 bits per heavy atom. The van der Waals surface area contributed by atoms with Crippen LogP contribution in [0.3, 0.4) is 0 Å². The number of rotatable bonds is 6. The average Bonchev–Trinajstić information content (AvgIpc) is 3.00. The molecule has 1 atom stereocenters. The molecule has 1 aromatic rings. The van der Waals surface area contributed by atoms with Gasteiger partial charge >= 0.3 is 0 Å². The van der Waals surface area contributed by atoms with E-state index >= 15 is 0 Å². The van der Waals surface area contributed by atoms with Gasteiger partial charge in [-0.15, -0.1) is 0 Å². The lowest BCUT2D eigenvalue weighted by atomic mass is 9.89. The molecule has 0 saturated heterocycles. The van der Waals surface area contributed by atoms with E-state index in [4.69, 9.17) is 22.1 Å². The maximum absolute atomic E-state index is 6.51. The monoisotopic (exact) mass is 299 g/mol. The number of halogens is 1. The molecule has 5 heteroatoms. The van der Waals surface area contributed by atoms with Gasteiger partial charge in [0.15, 0.2) is 0 Å². The highest BCUT2D eigenvalue weighted by molar-refractivity contribution is 6.31. The fourth-order valence-corrected chi connectivity index (χ4v) is 3.55. The van der Waals surface area contributed by atoms with Gasteiger partial charge in [-0.3, -0.25) is 4.68 Å². The summed E-state index contributed by atoms with van der Waals surface area (Å²) in [5.41, 5.74) is 8.27. The van der Waals surface area contributed by atoms with E-state index in [0.717, 1.165) is 42.2 Å². The largest absolute Gasteiger partial charge is 0.374 e. The molecule has 20 heavy (non-hydrogen) atoms. The van der Waals surface area contributed by atoms with Gasteiger partial charge in [0, 0.05) is 25.6 Å². The van der Waals surface area contributed by atoms with Crippen LogP contribution in [0.5, 0.6) is 0 Å². The predicted octanol–water partition coefficient (Wildman–Crippen LogP) is 3.08. The van der Waals surface area contributed by atoms with Gasteiger partial charge < -0.3 is 10.5 Å². The zero-order chi connectivity index (χ0) is 14.8. The molecule has 1 fully saturated rings. The molecule has 0 amide bonds. The molecule has 1 heterocycles. The van der Waals surface area contributed by atoms with Gasteiger partial charge in [-0.2, -0.15) is 5.10 Å². The minimum absolute atomic E-state index is 0.0242. The summed E-state index contributed by atoms with van der Waals surface area (Å²) in [6.07, 6.45) is 5.24. The highest BCUT2D eigenvalue weighted by Gasteiger charge is 2.41. The van der Waals surface area contributed by atoms with Crippen molar-refractivity contribution in [1.29, 1.82) is 0 Å². The lowest BCUT2D eigenvalue weighted by Gasteiger charge is -2.35. The van der Waals surface area contributed by atoms with Crippen molar-refractivity contribution in [3.05, 3.63) is 16.4 Å². The molecule has 4 nitrogen and oxygen atoms in total. The Balaban J connectivity index is 2.20. The van der Waals surface area contributed by atoms with Crippen molar-refractivity contribution in [3.8, 4) is 0 Å². The Morgan fingerprint density at radius 1 is 1.40 bits per heavy atom. The summed E-state index contributed by atoms with van der Waals surface area (Å²) < 4.78 is 8.01. The van der Waals surface area contributed by atoms with Crippen molar-refractivity contribution in [3.63, 3.8) is 0 Å². The molecule has 114 valence electrons. The van der Waals surface area contributed by atoms with Gasteiger partial charge in [0.25, 0.3) is 0 Å². The topological polar surface area (TPSA) is 53.1 Å². The Bertz CT molecular complexity index is 452. The maximum atomic E-state index is 6.51. The summed E-state index contributed by atoms with van der Waals surface area (Å²) in [5.74, 6) is 0. The number of hydrogen-bond donors (Lipinski definition) is 1. The maximum Gasteiger partial charge on any atom is 0.0847 e. The molecule has 0 aliphatic heterocycles. The van der Waals surface area contributed by atoms with Crippen LogP contribution in [0, 0.1) is 6.92 Å². The Labute approximate surface area is 126 Å². The van der Waals surface area contributed by atoms with Gasteiger partial charge in [0.1, 0.15) is 0 Å². The molecular formula is C15H26ClN3O. The van der Waals surface area contributed by atoms with Crippen molar-refractivity contribution < 1.29 is 4.74 Å². The molecule has 0 radical (unpaired) electrons. The first kappa shape index (κ1) is 15.8. The first-order valence-electron chi connectivity index (χ1n) is 7.65. The molecule has 0 aromatic carbocycles. The van der Waals surface area contributed by atoms with Crippen LogP contribution in [-0.4, -0.2) is 28.0 Å². The SMILES string of the molecule is CCOC1(C(N)Cc2c(Cl)c(C)nn2CC)CCCC1. The van der Waals surface area contributed by atoms with E-state index in [2.05, 4.69) is 12.0 Å². The first-order chi connectivity index (χ1) is 9.54. The van der Waals surface area contributed by atoms with Crippen molar-refractivity contribution in [2.24, 2.45) is 5.73 Å². The summed E-state index contributed by atoms with van der Waals surface area (Å²) in [5, 5.41) is 5.22. The highest BCUT2D eigenvalue weighted by Crippen LogP contribution is 2.37. The van der Waals surface area contributed by atoms with Gasteiger partial charge in [-0.25, -0.2) is 0 Å². The van der Waals surface area contributed by atoms with Crippen LogP contribution in [-0.2, 0) is 17.7 Å². The Hall–Kier alpha value is -0.580. The summed E-state index contributed by atoms with van der Waals surface area (Å²) >= 11 is 6.39. The van der Waals surface area contributed by atoms with Crippen molar-refractivity contribution >= 4 is 11.6 Å². The van der Waals surface area contributed by atoms with Crippen LogP contribution >= 0.6 is 11.6 Å². The fraction of sp³-hybridized carbons (Fsp3) is 0.800. The number of aromatic nitrogens is 2. The second-order valence-electron chi connectivity index (χ2n) is 5.68. The smallest absolute Gasteiger partial charge is 0.0847 e. The quantitative estimate of drug-likeness (QED) is 0.878. The lowest BCUT2D eigenvalue weighted by Crippen LogP contribution is -2.49. The summed E-state index contributed by atoms with van der Waals surface area (Å²) in [6, 6.07) is -0.0242. The van der Waals surface area contributed by atoms with Crippen LogP contribution < -0.4 is 5.73 Å². The van der Waals surface area contributed by atoms with E-state index in [-0.39, 0.29) is 11.6 Å². The number of hydrogen-bond acceptors (Lipinski definition) is 3. The zero-order valence-corrected chi connectivity index (χ0v) is 13.5. The van der Waals surface area contributed by atoms with E-state index in [1.165, 1.54) is 12.8 Å². The van der Waals surface area contributed by atoms with Crippen LogP contribution in [0.2, 0.25) is 5.02 Å². The van der Waals surface area contributed by atoms with Crippen molar-refractivity contribution in [2.45, 2.75) is 71.1 Å². The molecule has 1 saturated carbocycles. The third kappa shape index (κ3) is 2.87. The molecule has 2 N–H and O–H groups in total. The minimum Gasteiger partial charge on any atom is -0.374 e. The molecule has 2 rings (SSSR count). The highest BCUT2D eigenvalue weighted by atomic mass is 35.5. The van der Waals surface area contributed by atoms with Gasteiger partial charge in [0.2, 0.25) is 0 Å². The van der Waals surface area contributed by atoms with Gasteiger partial charge in [-0.05, 0) is 33.6 Å². The van der Waals surface area contributed by atoms with Crippen LogP contribution in [0.25, 0.3) is 0 Å². The molecule has 0 spiro atoms. The Morgan fingerprint density at radius 3 is 2.60 bits per heavy atom. The molecular weight excluding hydrogens is 274 g/mol. The van der Waals surface area contributed by atoms with Gasteiger partial charge in [-0.1, -0.05) is 24.4 Å². The number of ether oxygens (including phenoxy) is 1. The molecule has 1 unspecified atom stereocenters. The first-order valence-corrected chi connectivity index (χ1v) is 8.03. The lowest BCUT2D eigenvalue weighted by molar-refractivity contribution is -0.0528. The second-order valence-corrected chi connectivity index (χ2v) is 6.06. The zero-order valence-electron chi connectivity index (χ0n) is 12.8. The van der Waals surface area contributed by atoms with Crippen LogP contribution in [0.4, 0.5) is 0 Å². The van der Waals surface area contributed by atoms with E-state index in [9.17, 15) is 0 Å². The predicted molar refractivity (Wildman–Crippen MR) is 82.2 cm³/mol. The van der Waals surface area contributed by atoms with Crippen LogP contribution in [0.15, 0.2) is 0 Å². The standard InChI is InChI=1S/C15H26ClN3O/c1-4-19-12(14(16)11(3)18-19)10-13(17)15(20-5-2)8-6-7-9-15/h13H,4-10,17H2,1-3H3. The third-order valence-electron chi connectivity index (χ3n) is 4.42. The molecule has 1 aliphatic rings. The van der Waals surface area contributed by atoms with Crippen molar-refractivity contribution in [1.82, 2.24) is 9.78 Å². The Kier molecular flexibility index (Phi) is 5.10. The third-order valence-corrected chi connectivity index (χ3v) is 4.92. The minimum atomic E-state index is -0.172. The van der Waals surface area contributed by atoms with E-state index < -0.39 is 0 Å². The molecule has 0 bridgehead atoms. The number of nitrogens with zero attached hydrogens (tertiary/aromatic N) is 2. The number of aryl methyl sites for hydroxylation is 2. The van der Waals surface area contributed by atoms with Crippen molar-refractivity contribution in [2.75, 3.05) is 6.61 Å². The average molecular weight is 300 g/mol. The van der Waals surface area contributed by atoms with E-state index in [0.29, 0.717) is 6.61 Å². The summed E-state index contributed by atoms with van der Waals surface area (Å²) in [4.78, 5) is 0. The van der Waals surface area contributed by atoms with Crippen LogP contribution in [0.1, 0.15) is 50.9 Å². The summed E-state index contributed by atoms with van der Waals surface area (Å²) in [7, 11) is 0. The van der Waals surface area contributed by atoms with Gasteiger partial charge in [0.05, 0.1) is 22.0 Å². The normalized spacial score (nSPS) is 19.4. The molecule has 1 aromatic heterocycles. The van der Waals surface area contributed by atoms with E-state index in [1.54, 1.807) is 0 Å². The van der Waals surface area contributed by atoms with E-state index in [1.807, 2.05) is 18.5 Å². The fourth-order valence-electron chi connectivity index (χ4n) is 3.34. The summed E-state index contributed by atoms with van der Waals surface area (Å²) in [6.45, 7) is 7.59. The molecule has 1 aliphatic carbocycles.